The molecule has 0 fully saturated rings. The number of hydrogen-bond donors (Lipinski definition) is 1. The number of hydrogen-bond acceptors (Lipinski definition) is 5. The maximum atomic E-state index is 12.2. The Morgan fingerprint density at radius 2 is 1.76 bits per heavy atom. The molecule has 0 atom stereocenters. The van der Waals surface area contributed by atoms with Crippen LogP contribution >= 0.6 is 0 Å². The first-order chi connectivity index (χ1) is 9.99. The van der Waals surface area contributed by atoms with Crippen molar-refractivity contribution in [3.05, 3.63) is 40.5 Å². The molecule has 5 nitrogen and oxygen atoms in total. The van der Waals surface area contributed by atoms with E-state index in [0.717, 1.165) is 5.57 Å². The van der Waals surface area contributed by atoms with E-state index in [-0.39, 0.29) is 30.1 Å². The van der Waals surface area contributed by atoms with Gasteiger partial charge in [-0.25, -0.2) is 0 Å². The van der Waals surface area contributed by atoms with Gasteiger partial charge < -0.3 is 14.6 Å². The molecule has 0 amide bonds. The lowest BCUT2D eigenvalue weighted by molar-refractivity contribution is -0.112. The largest absolute Gasteiger partial charge is 0.507 e. The maximum Gasteiger partial charge on any atom is 0.234 e. The number of ketones is 2. The Morgan fingerprint density at radius 3 is 2.38 bits per heavy atom. The number of ether oxygens (including phenoxy) is 2. The van der Waals surface area contributed by atoms with Crippen LogP contribution in [-0.4, -0.2) is 23.5 Å². The number of rotatable bonds is 2. The average molecular weight is 286 g/mol. The molecule has 3 rings (SSSR count). The molecule has 0 unspecified atom stereocenters. The lowest BCUT2D eigenvalue weighted by Crippen LogP contribution is -2.23. The van der Waals surface area contributed by atoms with Gasteiger partial charge in [0.05, 0.1) is 0 Å². The Balaban J connectivity index is 2.15. The van der Waals surface area contributed by atoms with Gasteiger partial charge in [-0.3, -0.25) is 9.59 Å². The second-order valence-electron chi connectivity index (χ2n) is 5.22. The third kappa shape index (κ3) is 2.11. The van der Waals surface area contributed by atoms with Crippen molar-refractivity contribution in [1.29, 1.82) is 0 Å². The third-order valence-electron chi connectivity index (χ3n) is 3.49. The molecule has 0 aromatic heterocycles. The van der Waals surface area contributed by atoms with Crippen LogP contribution in [0.5, 0.6) is 11.5 Å². The van der Waals surface area contributed by atoms with Gasteiger partial charge in [-0.1, -0.05) is 11.6 Å². The van der Waals surface area contributed by atoms with Crippen molar-refractivity contribution >= 4 is 17.3 Å². The van der Waals surface area contributed by atoms with E-state index in [0.29, 0.717) is 17.1 Å². The summed E-state index contributed by atoms with van der Waals surface area (Å²) in [4.78, 5) is 24.3. The molecule has 1 aliphatic carbocycles. The fourth-order valence-electron chi connectivity index (χ4n) is 2.35. The molecule has 1 aromatic rings. The number of aliphatic hydroxyl groups is 1. The number of fused-ring (bicyclic) bond motifs is 2. The van der Waals surface area contributed by atoms with Gasteiger partial charge in [0.25, 0.3) is 0 Å². The highest BCUT2D eigenvalue weighted by Gasteiger charge is 2.34. The van der Waals surface area contributed by atoms with Gasteiger partial charge in [-0.15, -0.1) is 0 Å². The zero-order chi connectivity index (χ0) is 15.1. The summed E-state index contributed by atoms with van der Waals surface area (Å²) >= 11 is 0. The van der Waals surface area contributed by atoms with Gasteiger partial charge in [0.2, 0.25) is 18.4 Å². The SMILES string of the molecule is CC(C)=CCC1=C(O)c2cc3c(cc2C(=O)C1=O)OCO3. The van der Waals surface area contributed by atoms with Gasteiger partial charge in [-0.2, -0.15) is 0 Å². The maximum absolute atomic E-state index is 12.2. The summed E-state index contributed by atoms with van der Waals surface area (Å²) in [6, 6.07) is 2.99. The van der Waals surface area contributed by atoms with E-state index in [4.69, 9.17) is 9.47 Å². The molecule has 1 heterocycles. The molecule has 0 bridgehead atoms. The second-order valence-corrected chi connectivity index (χ2v) is 5.22. The summed E-state index contributed by atoms with van der Waals surface area (Å²) in [7, 11) is 0. The molecule has 0 spiro atoms. The quantitative estimate of drug-likeness (QED) is 0.668. The number of carbonyl (C=O) groups is 2. The van der Waals surface area contributed by atoms with E-state index in [1.165, 1.54) is 6.07 Å². The molecule has 0 radical (unpaired) electrons. The fourth-order valence-corrected chi connectivity index (χ4v) is 2.35. The van der Waals surface area contributed by atoms with Crippen molar-refractivity contribution in [1.82, 2.24) is 0 Å². The molecule has 1 aliphatic heterocycles. The van der Waals surface area contributed by atoms with E-state index in [9.17, 15) is 14.7 Å². The van der Waals surface area contributed by atoms with Crippen LogP contribution in [0.15, 0.2) is 29.4 Å². The molecule has 108 valence electrons. The van der Waals surface area contributed by atoms with E-state index in [1.807, 2.05) is 13.8 Å². The molecule has 2 aliphatic rings. The lowest BCUT2D eigenvalue weighted by Gasteiger charge is -2.17. The highest BCUT2D eigenvalue weighted by molar-refractivity contribution is 6.52. The second kappa shape index (κ2) is 4.77. The number of aliphatic hydroxyl groups excluding tert-OH is 1. The lowest BCUT2D eigenvalue weighted by atomic mass is 9.86. The molecule has 0 saturated heterocycles. The van der Waals surface area contributed by atoms with Gasteiger partial charge in [-0.05, 0) is 32.4 Å². The summed E-state index contributed by atoms with van der Waals surface area (Å²) < 4.78 is 10.4. The van der Waals surface area contributed by atoms with Crippen LogP contribution in [0.2, 0.25) is 0 Å². The van der Waals surface area contributed by atoms with Crippen molar-refractivity contribution in [3.63, 3.8) is 0 Å². The Morgan fingerprint density at radius 1 is 1.14 bits per heavy atom. The topological polar surface area (TPSA) is 72.8 Å². The number of allylic oxidation sites excluding steroid dienone is 3. The van der Waals surface area contributed by atoms with Gasteiger partial charge >= 0.3 is 0 Å². The van der Waals surface area contributed by atoms with E-state index >= 15 is 0 Å². The standard InChI is InChI=1S/C16H14O5/c1-8(2)3-4-9-14(17)10-5-12-13(21-7-20-12)6-11(10)16(19)15(9)18/h3,5-6,17H,4,7H2,1-2H3. The smallest absolute Gasteiger partial charge is 0.234 e. The van der Waals surface area contributed by atoms with Crippen molar-refractivity contribution in [2.75, 3.05) is 6.79 Å². The Hall–Kier alpha value is -2.56. The summed E-state index contributed by atoms with van der Waals surface area (Å²) in [6.07, 6.45) is 2.03. The Bertz CT molecular complexity index is 720. The van der Waals surface area contributed by atoms with Crippen molar-refractivity contribution in [3.8, 4) is 11.5 Å². The first kappa shape index (κ1) is 13.4. The molecular weight excluding hydrogens is 272 g/mol. The zero-order valence-corrected chi connectivity index (χ0v) is 11.7. The molecule has 0 saturated carbocycles. The fraction of sp³-hybridized carbons (Fsp3) is 0.250. The number of Topliss-reactive ketones (excluding diaryl/α,β-unsaturated/α-hetero) is 2. The van der Waals surface area contributed by atoms with Crippen molar-refractivity contribution in [2.24, 2.45) is 0 Å². The van der Waals surface area contributed by atoms with Crippen LogP contribution in [0.3, 0.4) is 0 Å². The monoisotopic (exact) mass is 286 g/mol. The number of benzene rings is 1. The third-order valence-corrected chi connectivity index (χ3v) is 3.49. The highest BCUT2D eigenvalue weighted by atomic mass is 16.7. The number of carbonyl (C=O) groups excluding carboxylic acids is 2. The molecular formula is C16H14O5. The Kier molecular flexibility index (Phi) is 3.05. The predicted molar refractivity (Wildman–Crippen MR) is 75.5 cm³/mol. The normalized spacial score (nSPS) is 16.1. The average Bonchev–Trinajstić information content (AvgIpc) is 2.90. The minimum Gasteiger partial charge on any atom is -0.507 e. The molecule has 1 aromatic carbocycles. The predicted octanol–water partition coefficient (Wildman–Crippen LogP) is 2.81. The molecule has 1 N–H and O–H groups in total. The zero-order valence-electron chi connectivity index (χ0n) is 11.7. The summed E-state index contributed by atoms with van der Waals surface area (Å²) in [5.41, 5.74) is 1.60. The van der Waals surface area contributed by atoms with E-state index in [2.05, 4.69) is 0 Å². The van der Waals surface area contributed by atoms with Crippen LogP contribution in [0.4, 0.5) is 0 Å². The van der Waals surface area contributed by atoms with Crippen LogP contribution < -0.4 is 9.47 Å². The van der Waals surface area contributed by atoms with Crippen LogP contribution in [-0.2, 0) is 4.79 Å². The van der Waals surface area contributed by atoms with E-state index in [1.54, 1.807) is 12.1 Å². The minimum absolute atomic E-state index is 0.0649. The van der Waals surface area contributed by atoms with Crippen LogP contribution in [0.25, 0.3) is 5.76 Å². The summed E-state index contributed by atoms with van der Waals surface area (Å²) in [5, 5.41) is 10.3. The first-order valence-corrected chi connectivity index (χ1v) is 6.57. The highest BCUT2D eigenvalue weighted by Crippen LogP contribution is 2.40. The Labute approximate surface area is 121 Å². The minimum atomic E-state index is -0.670. The van der Waals surface area contributed by atoms with Crippen molar-refractivity contribution < 1.29 is 24.2 Å². The molecule has 21 heavy (non-hydrogen) atoms. The van der Waals surface area contributed by atoms with Crippen LogP contribution in [0, 0.1) is 0 Å². The summed E-state index contributed by atoms with van der Waals surface area (Å²) in [5.74, 6) is -0.584. The van der Waals surface area contributed by atoms with Crippen molar-refractivity contribution in [2.45, 2.75) is 20.3 Å². The van der Waals surface area contributed by atoms with E-state index < -0.39 is 11.6 Å². The molecule has 5 heteroatoms. The van der Waals surface area contributed by atoms with Gasteiger partial charge in [0.1, 0.15) is 5.76 Å². The van der Waals surface area contributed by atoms with Gasteiger partial charge in [0.15, 0.2) is 11.5 Å². The summed E-state index contributed by atoms with van der Waals surface area (Å²) in [6.45, 7) is 3.84. The van der Waals surface area contributed by atoms with Gasteiger partial charge in [0, 0.05) is 16.7 Å². The van der Waals surface area contributed by atoms with Crippen LogP contribution in [0.1, 0.15) is 36.2 Å². The first-order valence-electron chi connectivity index (χ1n) is 6.57.